The number of nitrogens with one attached hydrogen (secondary N) is 1. The first-order chi connectivity index (χ1) is 38.7. The molecule has 0 bridgehead atoms. The van der Waals surface area contributed by atoms with E-state index in [1.807, 2.05) is 0 Å². The van der Waals surface area contributed by atoms with Crippen LogP contribution < -0.4 is 5.32 Å². The number of aliphatic hydroxyl groups excluding tert-OH is 7. The third-order valence-electron chi connectivity index (χ3n) is 16.4. The number of carbonyl (C=O) groups excluding carboxylic acids is 1. The smallest absolute Gasteiger partial charge is 0.249 e. The normalized spacial score (nSPS) is 19.5. The SMILES string of the molecule is CCCCCCCCCCCCC/C=C\C/C=C\CCCCCCCCCCCCCCCCCCC(O)C(=O)NC(COC1OC(CO)C(O)C(O)C1O)C(O)C(O)CCC/C=C/CCCCCCCCCCCCCCC. The van der Waals surface area contributed by atoms with Crippen molar-refractivity contribution in [2.75, 3.05) is 13.2 Å². The molecule has 0 aromatic carbocycles. The van der Waals surface area contributed by atoms with Crippen molar-refractivity contribution in [3.8, 4) is 0 Å². The van der Waals surface area contributed by atoms with Crippen molar-refractivity contribution in [1.29, 1.82) is 0 Å². The van der Waals surface area contributed by atoms with Crippen molar-refractivity contribution < 1.29 is 50.0 Å². The van der Waals surface area contributed by atoms with E-state index in [1.54, 1.807) is 0 Å². The zero-order chi connectivity index (χ0) is 57.5. The van der Waals surface area contributed by atoms with Crippen molar-refractivity contribution >= 4 is 5.91 Å². The van der Waals surface area contributed by atoms with Gasteiger partial charge >= 0.3 is 0 Å². The molecule has 0 aliphatic carbocycles. The summed E-state index contributed by atoms with van der Waals surface area (Å²) in [6.07, 6.45) is 60.9. The van der Waals surface area contributed by atoms with Gasteiger partial charge in [-0.15, -0.1) is 0 Å². The van der Waals surface area contributed by atoms with E-state index in [-0.39, 0.29) is 12.8 Å². The molecule has 0 spiro atoms. The Hall–Kier alpha value is -1.67. The molecule has 0 aromatic heterocycles. The monoisotopic (exact) mass is 1120 g/mol. The number of amides is 1. The topological polar surface area (TPSA) is 189 Å². The van der Waals surface area contributed by atoms with Gasteiger partial charge in [0.2, 0.25) is 5.91 Å². The Morgan fingerprint density at radius 2 is 0.785 bits per heavy atom. The van der Waals surface area contributed by atoms with Crippen LogP contribution >= 0.6 is 0 Å². The van der Waals surface area contributed by atoms with Crippen molar-refractivity contribution in [1.82, 2.24) is 5.32 Å². The van der Waals surface area contributed by atoms with Gasteiger partial charge in [0.05, 0.1) is 25.4 Å². The fourth-order valence-electron chi connectivity index (χ4n) is 10.9. The number of carbonyl (C=O) groups is 1. The van der Waals surface area contributed by atoms with Crippen molar-refractivity contribution in [2.45, 2.75) is 377 Å². The Balaban J connectivity index is 2.19. The third kappa shape index (κ3) is 44.5. The average molecular weight is 1120 g/mol. The fraction of sp³-hybridized carbons (Fsp3) is 0.897. The summed E-state index contributed by atoms with van der Waals surface area (Å²) in [5.74, 6) is -0.702. The zero-order valence-electron chi connectivity index (χ0n) is 51.4. The second kappa shape index (κ2) is 56.8. The molecule has 8 N–H and O–H groups in total. The van der Waals surface area contributed by atoms with Crippen LogP contribution in [0.5, 0.6) is 0 Å². The standard InChI is InChI=1S/C68H129NO10/c1-3-5-7-9-11-13-15-17-19-21-23-24-25-26-27-28-29-30-31-32-33-34-35-36-37-38-40-42-44-46-48-50-52-54-56-61(72)67(77)69-59(58-78-68-66(76)65(75)64(74)62(57-70)79-68)63(73)60(71)55-53-51-49-47-45-43-41-39-22-20-18-16-14-12-10-8-6-4-2/h25-26,28-29,47,49,59-66,68,70-76H,3-24,27,30-46,48,50-58H2,1-2H3,(H,69,77)/b26-25-,29-28-,49-47+. The van der Waals surface area contributed by atoms with Crippen LogP contribution in [0.3, 0.4) is 0 Å². The second-order valence-corrected chi connectivity index (χ2v) is 23.9. The molecule has 0 saturated carbocycles. The number of hydrogen-bond donors (Lipinski definition) is 8. The Bertz CT molecular complexity index is 1380. The van der Waals surface area contributed by atoms with Crippen molar-refractivity contribution in [3.05, 3.63) is 36.5 Å². The largest absolute Gasteiger partial charge is 0.394 e. The quantitative estimate of drug-likeness (QED) is 0.0215. The van der Waals surface area contributed by atoms with E-state index in [0.717, 1.165) is 44.9 Å². The summed E-state index contributed by atoms with van der Waals surface area (Å²) in [6, 6.07) is -1.19. The fourth-order valence-corrected chi connectivity index (χ4v) is 10.9. The van der Waals surface area contributed by atoms with Gasteiger partial charge in [-0.25, -0.2) is 0 Å². The van der Waals surface area contributed by atoms with Crippen LogP contribution in [0.2, 0.25) is 0 Å². The molecule has 1 rings (SSSR count). The van der Waals surface area contributed by atoms with E-state index in [9.17, 15) is 40.5 Å². The molecule has 466 valence electrons. The summed E-state index contributed by atoms with van der Waals surface area (Å²) in [6.45, 7) is 3.48. The molecule has 9 unspecified atom stereocenters. The molecule has 9 atom stereocenters. The molecule has 0 aromatic rings. The molecule has 1 fully saturated rings. The number of hydrogen-bond acceptors (Lipinski definition) is 10. The van der Waals surface area contributed by atoms with Crippen LogP contribution in [-0.4, -0.2) is 110 Å². The molecule has 11 nitrogen and oxygen atoms in total. The molecule has 11 heteroatoms. The molecule has 1 amide bonds. The molecular formula is C68H129NO10. The number of ether oxygens (including phenoxy) is 2. The number of rotatable bonds is 59. The minimum absolute atomic E-state index is 0.255. The van der Waals surface area contributed by atoms with Gasteiger partial charge in [0, 0.05) is 0 Å². The lowest BCUT2D eigenvalue weighted by molar-refractivity contribution is -0.303. The Morgan fingerprint density at radius 3 is 1.16 bits per heavy atom. The van der Waals surface area contributed by atoms with Crippen LogP contribution in [0.15, 0.2) is 36.5 Å². The Kier molecular flexibility index (Phi) is 54.2. The lowest BCUT2D eigenvalue weighted by atomic mass is 9.98. The van der Waals surface area contributed by atoms with Crippen LogP contribution in [0, 0.1) is 0 Å². The van der Waals surface area contributed by atoms with Gasteiger partial charge < -0.3 is 50.5 Å². The van der Waals surface area contributed by atoms with Crippen LogP contribution in [-0.2, 0) is 14.3 Å². The first-order valence-corrected chi connectivity index (χ1v) is 33.9. The molecule has 1 heterocycles. The molecule has 79 heavy (non-hydrogen) atoms. The minimum Gasteiger partial charge on any atom is -0.394 e. The first kappa shape index (κ1) is 75.3. The highest BCUT2D eigenvalue weighted by Crippen LogP contribution is 2.24. The highest BCUT2D eigenvalue weighted by Gasteiger charge is 2.44. The molecule has 1 saturated heterocycles. The van der Waals surface area contributed by atoms with Gasteiger partial charge in [-0.3, -0.25) is 4.79 Å². The molecular weight excluding hydrogens is 991 g/mol. The van der Waals surface area contributed by atoms with E-state index in [1.165, 1.54) is 238 Å². The summed E-state index contributed by atoms with van der Waals surface area (Å²) in [4.78, 5) is 13.2. The maximum absolute atomic E-state index is 13.2. The van der Waals surface area contributed by atoms with E-state index >= 15 is 0 Å². The predicted octanol–water partition coefficient (Wildman–Crippen LogP) is 15.8. The summed E-state index contributed by atoms with van der Waals surface area (Å²) in [5, 5.41) is 76.3. The maximum Gasteiger partial charge on any atom is 0.249 e. The van der Waals surface area contributed by atoms with Crippen LogP contribution in [0.4, 0.5) is 0 Å². The summed E-state index contributed by atoms with van der Waals surface area (Å²) >= 11 is 0. The van der Waals surface area contributed by atoms with E-state index in [0.29, 0.717) is 12.8 Å². The van der Waals surface area contributed by atoms with Crippen LogP contribution in [0.25, 0.3) is 0 Å². The molecule has 1 aliphatic rings. The number of aliphatic hydroxyl groups is 7. The molecule has 0 radical (unpaired) electrons. The zero-order valence-corrected chi connectivity index (χ0v) is 51.4. The summed E-state index contributed by atoms with van der Waals surface area (Å²) < 4.78 is 11.2. The lowest BCUT2D eigenvalue weighted by Gasteiger charge is -2.40. The highest BCUT2D eigenvalue weighted by molar-refractivity contribution is 5.80. The van der Waals surface area contributed by atoms with Crippen molar-refractivity contribution in [3.63, 3.8) is 0 Å². The molecule has 1 aliphatic heterocycles. The van der Waals surface area contributed by atoms with Gasteiger partial charge in [-0.1, -0.05) is 288 Å². The third-order valence-corrected chi connectivity index (χ3v) is 16.4. The van der Waals surface area contributed by atoms with Crippen LogP contribution in [0.1, 0.15) is 322 Å². The van der Waals surface area contributed by atoms with E-state index in [2.05, 4.69) is 55.6 Å². The van der Waals surface area contributed by atoms with Gasteiger partial charge in [-0.05, 0) is 70.6 Å². The average Bonchev–Trinajstić information content (AvgIpc) is 3.46. The highest BCUT2D eigenvalue weighted by atomic mass is 16.7. The Labute approximate surface area is 486 Å². The van der Waals surface area contributed by atoms with Gasteiger partial charge in [0.25, 0.3) is 0 Å². The number of unbranched alkanes of at least 4 members (excludes halogenated alkanes) is 41. The maximum atomic E-state index is 13.2. The summed E-state index contributed by atoms with van der Waals surface area (Å²) in [5.41, 5.74) is 0. The lowest BCUT2D eigenvalue weighted by Crippen LogP contribution is -2.60. The predicted molar refractivity (Wildman–Crippen MR) is 330 cm³/mol. The van der Waals surface area contributed by atoms with Gasteiger partial charge in [-0.2, -0.15) is 0 Å². The second-order valence-electron chi connectivity index (χ2n) is 23.9. The summed E-state index contributed by atoms with van der Waals surface area (Å²) in [7, 11) is 0. The van der Waals surface area contributed by atoms with Crippen molar-refractivity contribution in [2.24, 2.45) is 0 Å². The van der Waals surface area contributed by atoms with Gasteiger partial charge in [0.15, 0.2) is 6.29 Å². The number of allylic oxidation sites excluding steroid dienone is 6. The van der Waals surface area contributed by atoms with E-state index in [4.69, 9.17) is 9.47 Å². The first-order valence-electron chi connectivity index (χ1n) is 33.9. The minimum atomic E-state index is -1.67. The van der Waals surface area contributed by atoms with Gasteiger partial charge in [0.1, 0.15) is 36.6 Å². The van der Waals surface area contributed by atoms with E-state index < -0.39 is 74.2 Å². The Morgan fingerprint density at radius 1 is 0.443 bits per heavy atom.